The van der Waals surface area contributed by atoms with E-state index in [0.717, 1.165) is 5.56 Å². The van der Waals surface area contributed by atoms with E-state index in [0.29, 0.717) is 15.9 Å². The van der Waals surface area contributed by atoms with E-state index in [1.807, 2.05) is 0 Å². The van der Waals surface area contributed by atoms with Crippen molar-refractivity contribution in [2.75, 3.05) is 13.7 Å². The number of pyridine rings is 1. The summed E-state index contributed by atoms with van der Waals surface area (Å²) in [6.45, 7) is 1.96. The Bertz CT molecular complexity index is 774. The van der Waals surface area contributed by atoms with E-state index in [4.69, 9.17) is 9.47 Å². The number of Topliss-reactive ketones (excluding diaryl/α,β-unsaturated/α-hetero) is 1. The van der Waals surface area contributed by atoms with E-state index >= 15 is 0 Å². The van der Waals surface area contributed by atoms with Crippen molar-refractivity contribution in [3.05, 3.63) is 40.5 Å². The molecular weight excluding hydrogens is 390 g/mol. The number of ether oxygens (including phenoxy) is 2. The molecule has 7 heteroatoms. The highest BCUT2D eigenvalue weighted by molar-refractivity contribution is 9.10. The molecule has 1 aromatic heterocycles. The maximum atomic E-state index is 12.3. The Balaban J connectivity index is 2.27. The molecule has 6 nitrogen and oxygen atoms in total. The molecule has 132 valence electrons. The number of carbonyl (C=O) groups excluding carboxylic acids is 2. The fourth-order valence-corrected chi connectivity index (χ4v) is 2.58. The van der Waals surface area contributed by atoms with E-state index in [1.54, 1.807) is 44.4 Å². The van der Waals surface area contributed by atoms with Crippen LogP contribution in [0.15, 0.2) is 34.8 Å². The first kappa shape index (κ1) is 18.9. The van der Waals surface area contributed by atoms with Crippen molar-refractivity contribution in [2.45, 2.75) is 19.8 Å². The summed E-state index contributed by atoms with van der Waals surface area (Å²) >= 11 is 3.24. The van der Waals surface area contributed by atoms with Gasteiger partial charge in [-0.05, 0) is 53.2 Å². The normalized spacial score (nSPS) is 10.4. The minimum absolute atomic E-state index is 0.0574. The maximum absolute atomic E-state index is 12.3. The number of hydrogen-bond donors (Lipinski definition) is 1. The molecule has 1 heterocycles. The predicted molar refractivity (Wildman–Crippen MR) is 95.8 cm³/mol. The van der Waals surface area contributed by atoms with Crippen molar-refractivity contribution in [2.24, 2.45) is 0 Å². The average Bonchev–Trinajstić information content (AvgIpc) is 2.62. The average molecular weight is 408 g/mol. The molecule has 0 unspecified atom stereocenters. The number of rotatable bonds is 7. The molecule has 2 rings (SSSR count). The van der Waals surface area contributed by atoms with Gasteiger partial charge >= 0.3 is 5.97 Å². The molecule has 0 aliphatic carbocycles. The van der Waals surface area contributed by atoms with Gasteiger partial charge in [-0.25, -0.2) is 4.98 Å². The van der Waals surface area contributed by atoms with E-state index in [-0.39, 0.29) is 30.9 Å². The summed E-state index contributed by atoms with van der Waals surface area (Å²) in [4.78, 5) is 28.0. The van der Waals surface area contributed by atoms with Gasteiger partial charge in [-0.2, -0.15) is 0 Å². The van der Waals surface area contributed by atoms with Gasteiger partial charge in [-0.15, -0.1) is 0 Å². The standard InChI is InChI=1S/C18H18BrNO5/c1-3-25-16(22)9-8-15(21)17-18(23)13(19)10-14(20-17)11-4-6-12(24-2)7-5-11/h4-7,10,23H,3,8-9H2,1-2H3. The van der Waals surface area contributed by atoms with Gasteiger partial charge in [0.25, 0.3) is 0 Å². The number of esters is 1. The first-order valence-corrected chi connectivity index (χ1v) is 8.48. The van der Waals surface area contributed by atoms with Crippen LogP contribution in [0, 0.1) is 0 Å². The van der Waals surface area contributed by atoms with E-state index in [2.05, 4.69) is 20.9 Å². The number of hydrogen-bond acceptors (Lipinski definition) is 6. The number of aromatic hydroxyl groups is 1. The second kappa shape index (κ2) is 8.62. The molecule has 0 bridgehead atoms. The smallest absolute Gasteiger partial charge is 0.306 e. The Hall–Kier alpha value is -2.41. The monoisotopic (exact) mass is 407 g/mol. The van der Waals surface area contributed by atoms with Crippen molar-refractivity contribution >= 4 is 27.7 Å². The van der Waals surface area contributed by atoms with Gasteiger partial charge in [0.15, 0.2) is 11.5 Å². The Morgan fingerprint density at radius 2 is 1.88 bits per heavy atom. The van der Waals surface area contributed by atoms with Gasteiger partial charge in [-0.3, -0.25) is 9.59 Å². The molecule has 2 aromatic rings. The van der Waals surface area contributed by atoms with Crippen LogP contribution in [0.2, 0.25) is 0 Å². The van der Waals surface area contributed by atoms with Crippen molar-refractivity contribution in [3.8, 4) is 22.8 Å². The topological polar surface area (TPSA) is 85.7 Å². The molecule has 0 aliphatic rings. The highest BCUT2D eigenvalue weighted by atomic mass is 79.9. The van der Waals surface area contributed by atoms with Gasteiger partial charge in [0, 0.05) is 12.0 Å². The summed E-state index contributed by atoms with van der Waals surface area (Å²) in [5, 5.41) is 10.1. The largest absolute Gasteiger partial charge is 0.504 e. The molecule has 0 amide bonds. The zero-order valence-corrected chi connectivity index (χ0v) is 15.5. The van der Waals surface area contributed by atoms with E-state index < -0.39 is 11.8 Å². The molecule has 0 saturated heterocycles. The van der Waals surface area contributed by atoms with Crippen LogP contribution in [0.3, 0.4) is 0 Å². The third-order valence-corrected chi connectivity index (χ3v) is 4.06. The zero-order chi connectivity index (χ0) is 18.4. The van der Waals surface area contributed by atoms with Crippen molar-refractivity contribution in [1.29, 1.82) is 0 Å². The van der Waals surface area contributed by atoms with Crippen molar-refractivity contribution in [1.82, 2.24) is 4.98 Å². The SMILES string of the molecule is CCOC(=O)CCC(=O)c1nc(-c2ccc(OC)cc2)cc(Br)c1O. The molecule has 0 atom stereocenters. The van der Waals surface area contributed by atoms with Crippen LogP contribution in [0.5, 0.6) is 11.5 Å². The predicted octanol–water partition coefficient (Wildman–Crippen LogP) is 3.75. The molecule has 0 radical (unpaired) electrons. The Kier molecular flexibility index (Phi) is 6.52. The lowest BCUT2D eigenvalue weighted by molar-refractivity contribution is -0.143. The lowest BCUT2D eigenvalue weighted by Gasteiger charge is -2.09. The molecule has 1 aromatic carbocycles. The third kappa shape index (κ3) is 4.79. The van der Waals surface area contributed by atoms with E-state index in [9.17, 15) is 14.7 Å². The van der Waals surface area contributed by atoms with Gasteiger partial charge in [0.05, 0.1) is 30.3 Å². The number of methoxy groups -OCH3 is 1. The highest BCUT2D eigenvalue weighted by Gasteiger charge is 2.19. The van der Waals surface area contributed by atoms with E-state index in [1.165, 1.54) is 0 Å². The van der Waals surface area contributed by atoms with Crippen LogP contribution in [0.1, 0.15) is 30.3 Å². The van der Waals surface area contributed by atoms with Crippen LogP contribution in [-0.2, 0) is 9.53 Å². The minimum Gasteiger partial charge on any atom is -0.504 e. The summed E-state index contributed by atoms with van der Waals surface area (Å²) in [6, 6.07) is 8.79. The number of ketones is 1. The Morgan fingerprint density at radius 3 is 2.48 bits per heavy atom. The Morgan fingerprint density at radius 1 is 1.20 bits per heavy atom. The van der Waals surface area contributed by atoms with Crippen LogP contribution in [-0.4, -0.2) is 35.6 Å². The molecule has 0 saturated carbocycles. The molecule has 25 heavy (non-hydrogen) atoms. The number of aromatic nitrogens is 1. The second-order valence-corrected chi connectivity index (χ2v) is 6.00. The van der Waals surface area contributed by atoms with Crippen molar-refractivity contribution < 1.29 is 24.2 Å². The number of benzene rings is 1. The van der Waals surface area contributed by atoms with Crippen molar-refractivity contribution in [3.63, 3.8) is 0 Å². The molecule has 0 aliphatic heterocycles. The minimum atomic E-state index is -0.458. The quantitative estimate of drug-likeness (QED) is 0.555. The highest BCUT2D eigenvalue weighted by Crippen LogP contribution is 2.32. The first-order valence-electron chi connectivity index (χ1n) is 7.69. The Labute approximate surface area is 153 Å². The van der Waals surface area contributed by atoms with Crippen LogP contribution < -0.4 is 4.74 Å². The van der Waals surface area contributed by atoms with Gasteiger partial charge in [-0.1, -0.05) is 0 Å². The van der Waals surface area contributed by atoms with Gasteiger partial charge in [0.1, 0.15) is 11.4 Å². The summed E-state index contributed by atoms with van der Waals surface area (Å²) in [6.07, 6.45) is -0.143. The molecular formula is C18H18BrNO5. The lowest BCUT2D eigenvalue weighted by Crippen LogP contribution is -2.09. The summed E-state index contributed by atoms with van der Waals surface area (Å²) in [7, 11) is 1.57. The lowest BCUT2D eigenvalue weighted by atomic mass is 10.1. The third-order valence-electron chi connectivity index (χ3n) is 3.46. The molecule has 1 N–H and O–H groups in total. The van der Waals surface area contributed by atoms with Crippen LogP contribution in [0.4, 0.5) is 0 Å². The number of halogens is 1. The van der Waals surface area contributed by atoms with Gasteiger partial charge < -0.3 is 14.6 Å². The van der Waals surface area contributed by atoms with Crippen LogP contribution >= 0.6 is 15.9 Å². The maximum Gasteiger partial charge on any atom is 0.306 e. The summed E-state index contributed by atoms with van der Waals surface area (Å²) in [5.74, 6) is -0.430. The zero-order valence-electron chi connectivity index (χ0n) is 13.9. The first-order chi connectivity index (χ1) is 12.0. The molecule has 0 spiro atoms. The fraction of sp³-hybridized carbons (Fsp3) is 0.278. The second-order valence-electron chi connectivity index (χ2n) is 5.14. The summed E-state index contributed by atoms with van der Waals surface area (Å²) < 4.78 is 10.3. The van der Waals surface area contributed by atoms with Gasteiger partial charge in [0.2, 0.25) is 0 Å². The fourth-order valence-electron chi connectivity index (χ4n) is 2.18. The number of carbonyl (C=O) groups is 2. The summed E-state index contributed by atoms with van der Waals surface area (Å²) in [5.41, 5.74) is 1.21. The number of nitrogens with zero attached hydrogens (tertiary/aromatic N) is 1. The molecule has 0 fully saturated rings. The van der Waals surface area contributed by atoms with Crippen LogP contribution in [0.25, 0.3) is 11.3 Å².